The Kier molecular flexibility index (Phi) is 6.77. The van der Waals surface area contributed by atoms with Crippen molar-refractivity contribution in [1.29, 1.82) is 0 Å². The molecule has 3 aromatic carbocycles. The summed E-state index contributed by atoms with van der Waals surface area (Å²) in [5, 5.41) is 3.42. The molecule has 0 amide bonds. The molecule has 0 saturated heterocycles. The summed E-state index contributed by atoms with van der Waals surface area (Å²) in [4.78, 5) is 0. The molecule has 0 heterocycles. The summed E-state index contributed by atoms with van der Waals surface area (Å²) in [6.45, 7) is 5.85. The highest BCUT2D eigenvalue weighted by atomic mass is 79.9. The maximum atomic E-state index is 6.07. The topological polar surface area (TPSA) is 30.5 Å². The first-order valence-corrected chi connectivity index (χ1v) is 9.87. The van der Waals surface area contributed by atoms with Gasteiger partial charge >= 0.3 is 0 Å². The average Bonchev–Trinajstić information content (AvgIpc) is 2.68. The monoisotopic (exact) mass is 425 g/mol. The summed E-state index contributed by atoms with van der Waals surface area (Å²) >= 11 is 3.65. The molecule has 27 heavy (non-hydrogen) atoms. The fraction of sp³-hybridized carbons (Fsp3) is 0.217. The summed E-state index contributed by atoms with van der Waals surface area (Å²) in [7, 11) is 0. The van der Waals surface area contributed by atoms with Crippen LogP contribution in [0.15, 0.2) is 71.2 Å². The highest BCUT2D eigenvalue weighted by Crippen LogP contribution is 2.37. The van der Waals surface area contributed by atoms with Crippen LogP contribution in [0.4, 0.5) is 5.69 Å². The standard InChI is InChI=1S/C23H24BrNO2/c1-3-26-22-14-19(15-25-20-7-5-4-6-8-20)13-21(24)23(22)27-16-18-11-9-17(2)10-12-18/h4-14,25H,3,15-16H2,1-2H3. The van der Waals surface area contributed by atoms with E-state index in [1.807, 2.05) is 31.2 Å². The third-order valence-corrected chi connectivity index (χ3v) is 4.73. The molecule has 0 aliphatic heterocycles. The van der Waals surface area contributed by atoms with E-state index >= 15 is 0 Å². The SMILES string of the molecule is CCOc1cc(CNc2ccccc2)cc(Br)c1OCc1ccc(C)cc1. The van der Waals surface area contributed by atoms with Crippen LogP contribution < -0.4 is 14.8 Å². The van der Waals surface area contributed by atoms with E-state index in [0.29, 0.717) is 19.8 Å². The molecule has 0 radical (unpaired) electrons. The summed E-state index contributed by atoms with van der Waals surface area (Å²) in [5.41, 5.74) is 4.58. The Morgan fingerprint density at radius 3 is 2.33 bits per heavy atom. The lowest BCUT2D eigenvalue weighted by Gasteiger charge is -2.16. The lowest BCUT2D eigenvalue weighted by atomic mass is 10.1. The van der Waals surface area contributed by atoms with Crippen molar-refractivity contribution in [3.8, 4) is 11.5 Å². The molecular formula is C23H24BrNO2. The molecule has 140 valence electrons. The molecule has 0 saturated carbocycles. The number of nitrogens with one attached hydrogen (secondary N) is 1. The van der Waals surface area contributed by atoms with Crippen LogP contribution in [0.5, 0.6) is 11.5 Å². The Balaban J connectivity index is 1.74. The summed E-state index contributed by atoms with van der Waals surface area (Å²) in [6, 6.07) is 22.6. The molecule has 0 unspecified atom stereocenters. The normalized spacial score (nSPS) is 10.5. The van der Waals surface area contributed by atoms with Crippen LogP contribution in [0.3, 0.4) is 0 Å². The third kappa shape index (κ3) is 5.51. The molecule has 0 bridgehead atoms. The van der Waals surface area contributed by atoms with Crippen molar-refractivity contribution in [2.75, 3.05) is 11.9 Å². The molecule has 0 fully saturated rings. The van der Waals surface area contributed by atoms with Crippen molar-refractivity contribution in [3.63, 3.8) is 0 Å². The first-order chi connectivity index (χ1) is 13.2. The van der Waals surface area contributed by atoms with Crippen molar-refractivity contribution in [1.82, 2.24) is 0 Å². The van der Waals surface area contributed by atoms with Gasteiger partial charge in [-0.1, -0.05) is 48.0 Å². The number of anilines is 1. The van der Waals surface area contributed by atoms with Crippen LogP contribution in [0, 0.1) is 6.92 Å². The number of ether oxygens (including phenoxy) is 2. The van der Waals surface area contributed by atoms with Gasteiger partial charge < -0.3 is 14.8 Å². The van der Waals surface area contributed by atoms with Crippen LogP contribution in [-0.2, 0) is 13.2 Å². The quantitative estimate of drug-likeness (QED) is 0.456. The van der Waals surface area contributed by atoms with Gasteiger partial charge in [0.2, 0.25) is 0 Å². The van der Waals surface area contributed by atoms with Crippen molar-refractivity contribution in [3.05, 3.63) is 87.9 Å². The number of hydrogen-bond acceptors (Lipinski definition) is 3. The van der Waals surface area contributed by atoms with Crippen molar-refractivity contribution in [2.24, 2.45) is 0 Å². The Morgan fingerprint density at radius 1 is 0.889 bits per heavy atom. The number of hydrogen-bond donors (Lipinski definition) is 1. The highest BCUT2D eigenvalue weighted by Gasteiger charge is 2.13. The summed E-state index contributed by atoms with van der Waals surface area (Å²) < 4.78 is 12.8. The molecule has 0 spiro atoms. The minimum atomic E-state index is 0.501. The smallest absolute Gasteiger partial charge is 0.175 e. The van der Waals surface area contributed by atoms with Gasteiger partial charge in [0.25, 0.3) is 0 Å². The van der Waals surface area contributed by atoms with Gasteiger partial charge in [0.1, 0.15) is 6.61 Å². The lowest BCUT2D eigenvalue weighted by Crippen LogP contribution is -2.04. The molecule has 3 aromatic rings. The largest absolute Gasteiger partial charge is 0.490 e. The Morgan fingerprint density at radius 2 is 1.63 bits per heavy atom. The molecule has 0 aliphatic carbocycles. The summed E-state index contributed by atoms with van der Waals surface area (Å²) in [6.07, 6.45) is 0. The highest BCUT2D eigenvalue weighted by molar-refractivity contribution is 9.10. The Hall–Kier alpha value is -2.46. The van der Waals surface area contributed by atoms with E-state index in [0.717, 1.165) is 32.8 Å². The van der Waals surface area contributed by atoms with Gasteiger partial charge in [-0.25, -0.2) is 0 Å². The maximum Gasteiger partial charge on any atom is 0.175 e. The minimum Gasteiger partial charge on any atom is -0.490 e. The Bertz CT molecular complexity index is 864. The van der Waals surface area contributed by atoms with E-state index in [-0.39, 0.29) is 0 Å². The molecule has 3 nitrogen and oxygen atoms in total. The van der Waals surface area contributed by atoms with Crippen molar-refractivity contribution < 1.29 is 9.47 Å². The van der Waals surface area contributed by atoms with E-state index < -0.39 is 0 Å². The zero-order valence-electron chi connectivity index (χ0n) is 15.7. The second kappa shape index (κ2) is 9.47. The van der Waals surface area contributed by atoms with Crippen LogP contribution in [0.2, 0.25) is 0 Å². The van der Waals surface area contributed by atoms with Crippen LogP contribution >= 0.6 is 15.9 Å². The molecule has 0 atom stereocenters. The number of para-hydroxylation sites is 1. The first-order valence-electron chi connectivity index (χ1n) is 9.08. The van der Waals surface area contributed by atoms with Crippen molar-refractivity contribution in [2.45, 2.75) is 27.0 Å². The molecule has 1 N–H and O–H groups in total. The van der Waals surface area contributed by atoms with Gasteiger partial charge in [-0.05, 0) is 65.2 Å². The second-order valence-electron chi connectivity index (χ2n) is 6.33. The van der Waals surface area contributed by atoms with Gasteiger partial charge in [0, 0.05) is 12.2 Å². The van der Waals surface area contributed by atoms with Gasteiger partial charge in [0.15, 0.2) is 11.5 Å². The van der Waals surface area contributed by atoms with Crippen molar-refractivity contribution >= 4 is 21.6 Å². The zero-order chi connectivity index (χ0) is 19.1. The number of benzene rings is 3. The molecular weight excluding hydrogens is 402 g/mol. The maximum absolute atomic E-state index is 6.07. The van der Waals surface area contributed by atoms with Gasteiger partial charge in [0.05, 0.1) is 11.1 Å². The first kappa shape index (κ1) is 19.3. The van der Waals surface area contributed by atoms with E-state index in [4.69, 9.17) is 9.47 Å². The van der Waals surface area contributed by atoms with Crippen LogP contribution in [0.25, 0.3) is 0 Å². The van der Waals surface area contributed by atoms with Gasteiger partial charge in [-0.15, -0.1) is 0 Å². The fourth-order valence-corrected chi connectivity index (χ4v) is 3.33. The van der Waals surface area contributed by atoms with Gasteiger partial charge in [-0.3, -0.25) is 0 Å². The molecule has 0 aliphatic rings. The number of aryl methyl sites for hydroxylation is 1. The minimum absolute atomic E-state index is 0.501. The Labute approximate surface area is 169 Å². The van der Waals surface area contributed by atoms with E-state index in [9.17, 15) is 0 Å². The van der Waals surface area contributed by atoms with Crippen LogP contribution in [0.1, 0.15) is 23.6 Å². The van der Waals surface area contributed by atoms with Crippen LogP contribution in [-0.4, -0.2) is 6.61 Å². The lowest BCUT2D eigenvalue weighted by molar-refractivity contribution is 0.267. The predicted molar refractivity (Wildman–Crippen MR) is 115 cm³/mol. The second-order valence-corrected chi connectivity index (χ2v) is 7.19. The molecule has 4 heteroatoms. The zero-order valence-corrected chi connectivity index (χ0v) is 17.3. The third-order valence-electron chi connectivity index (χ3n) is 4.14. The average molecular weight is 426 g/mol. The van der Waals surface area contributed by atoms with E-state index in [1.165, 1.54) is 5.56 Å². The molecule has 3 rings (SSSR count). The summed E-state index contributed by atoms with van der Waals surface area (Å²) in [5.74, 6) is 1.49. The van der Waals surface area contributed by atoms with E-state index in [1.54, 1.807) is 0 Å². The fourth-order valence-electron chi connectivity index (χ4n) is 2.73. The van der Waals surface area contributed by atoms with Gasteiger partial charge in [-0.2, -0.15) is 0 Å². The number of halogens is 1. The molecule has 0 aromatic heterocycles. The van der Waals surface area contributed by atoms with E-state index in [2.05, 4.69) is 70.6 Å². The predicted octanol–water partition coefficient (Wildman–Crippen LogP) is 6.35. The number of rotatable bonds is 8.